The van der Waals surface area contributed by atoms with Gasteiger partial charge in [-0.2, -0.15) is 0 Å². The quantitative estimate of drug-likeness (QED) is 0.649. The van der Waals surface area contributed by atoms with Crippen molar-refractivity contribution in [1.82, 2.24) is 0 Å². The van der Waals surface area contributed by atoms with E-state index in [9.17, 15) is 5.11 Å². The van der Waals surface area contributed by atoms with Crippen molar-refractivity contribution in [3.05, 3.63) is 35.4 Å². The van der Waals surface area contributed by atoms with Crippen LogP contribution in [-0.4, -0.2) is 5.11 Å². The van der Waals surface area contributed by atoms with Crippen molar-refractivity contribution in [3.8, 4) is 5.75 Å². The maximum absolute atomic E-state index is 9.19. The molecule has 0 aromatic heterocycles. The van der Waals surface area contributed by atoms with Crippen molar-refractivity contribution in [1.29, 1.82) is 0 Å². The van der Waals surface area contributed by atoms with Crippen LogP contribution in [0, 0.1) is 6.92 Å². The molecule has 11 heavy (non-hydrogen) atoms. The van der Waals surface area contributed by atoms with Gasteiger partial charge in [0.25, 0.3) is 0 Å². The van der Waals surface area contributed by atoms with Crippen LogP contribution in [0.1, 0.15) is 18.1 Å². The van der Waals surface area contributed by atoms with E-state index < -0.39 is 0 Å². The minimum atomic E-state index is 0.332. The molecular weight excluding hydrogens is 136 g/mol. The zero-order chi connectivity index (χ0) is 8.27. The first-order chi connectivity index (χ1) is 5.22. The second-order valence-corrected chi connectivity index (χ2v) is 2.60. The molecule has 0 aliphatic heterocycles. The Kier molecular flexibility index (Phi) is 2.32. The van der Waals surface area contributed by atoms with E-state index in [-0.39, 0.29) is 0 Å². The fourth-order valence-corrected chi connectivity index (χ4v) is 1.08. The lowest BCUT2D eigenvalue weighted by atomic mass is 10.1. The first-order valence-electron chi connectivity index (χ1n) is 3.66. The molecule has 0 atom stereocenters. The molecule has 58 valence electrons. The number of rotatable bonds is 1. The Hall–Kier alpha value is -1.24. The van der Waals surface area contributed by atoms with Gasteiger partial charge < -0.3 is 5.11 Å². The normalized spacial score (nSPS) is 10.7. The van der Waals surface area contributed by atoms with E-state index in [4.69, 9.17) is 0 Å². The van der Waals surface area contributed by atoms with Gasteiger partial charge in [0.1, 0.15) is 5.75 Å². The van der Waals surface area contributed by atoms with Gasteiger partial charge in [0.2, 0.25) is 0 Å². The van der Waals surface area contributed by atoms with Gasteiger partial charge in [0.15, 0.2) is 0 Å². The highest BCUT2D eigenvalue weighted by molar-refractivity contribution is 5.52. The second-order valence-electron chi connectivity index (χ2n) is 2.60. The molecule has 0 heterocycles. The summed E-state index contributed by atoms with van der Waals surface area (Å²) in [5.74, 6) is 0.332. The van der Waals surface area contributed by atoms with Crippen molar-refractivity contribution in [2.45, 2.75) is 13.8 Å². The summed E-state index contributed by atoms with van der Waals surface area (Å²) in [5.41, 5.74) is 2.13. The number of aromatic hydroxyl groups is 1. The summed E-state index contributed by atoms with van der Waals surface area (Å²) >= 11 is 0. The smallest absolute Gasteiger partial charge is 0.116 e. The average Bonchev–Trinajstić information content (AvgIpc) is 1.85. The van der Waals surface area contributed by atoms with Crippen molar-refractivity contribution in [2.75, 3.05) is 0 Å². The van der Waals surface area contributed by atoms with Crippen LogP contribution in [0.3, 0.4) is 0 Å². The van der Waals surface area contributed by atoms with E-state index >= 15 is 0 Å². The van der Waals surface area contributed by atoms with Crippen LogP contribution in [0.2, 0.25) is 0 Å². The Bertz CT molecular complexity index is 254. The highest BCUT2D eigenvalue weighted by Crippen LogP contribution is 2.15. The lowest BCUT2D eigenvalue weighted by Crippen LogP contribution is -1.75. The molecule has 0 spiro atoms. The third-order valence-corrected chi connectivity index (χ3v) is 1.44. The molecular formula is C10H12O. The van der Waals surface area contributed by atoms with Crippen molar-refractivity contribution < 1.29 is 5.11 Å². The molecule has 0 amide bonds. The SMILES string of the molecule is C/C=C/c1cc(C)cc(O)c1. The van der Waals surface area contributed by atoms with E-state index in [1.54, 1.807) is 12.1 Å². The predicted octanol–water partition coefficient (Wildman–Crippen LogP) is 2.73. The zero-order valence-electron chi connectivity index (χ0n) is 6.83. The maximum atomic E-state index is 9.19. The predicted molar refractivity (Wildman–Crippen MR) is 47.6 cm³/mol. The summed E-state index contributed by atoms with van der Waals surface area (Å²) in [7, 11) is 0. The van der Waals surface area contributed by atoms with Gasteiger partial charge in [-0.15, -0.1) is 0 Å². The molecule has 1 nitrogen and oxygen atoms in total. The van der Waals surface area contributed by atoms with Gasteiger partial charge in [-0.1, -0.05) is 18.2 Å². The Morgan fingerprint density at radius 1 is 1.27 bits per heavy atom. The first-order valence-corrected chi connectivity index (χ1v) is 3.66. The number of phenols is 1. The Balaban J connectivity index is 3.08. The van der Waals surface area contributed by atoms with E-state index in [0.717, 1.165) is 11.1 Å². The molecule has 1 N–H and O–H groups in total. The molecule has 0 aliphatic rings. The lowest BCUT2D eigenvalue weighted by molar-refractivity contribution is 0.475. The van der Waals surface area contributed by atoms with Crippen LogP contribution in [0.5, 0.6) is 5.75 Å². The molecule has 0 aliphatic carbocycles. The molecule has 0 unspecified atom stereocenters. The minimum Gasteiger partial charge on any atom is -0.508 e. The summed E-state index contributed by atoms with van der Waals surface area (Å²) in [6.45, 7) is 3.92. The van der Waals surface area contributed by atoms with Crippen LogP contribution >= 0.6 is 0 Å². The fraction of sp³-hybridized carbons (Fsp3) is 0.200. The largest absolute Gasteiger partial charge is 0.508 e. The summed E-state index contributed by atoms with van der Waals surface area (Å²) in [5, 5.41) is 9.19. The van der Waals surface area contributed by atoms with Crippen molar-refractivity contribution in [2.24, 2.45) is 0 Å². The van der Waals surface area contributed by atoms with Crippen LogP contribution in [0.15, 0.2) is 24.3 Å². The summed E-state index contributed by atoms with van der Waals surface area (Å²) in [6.07, 6.45) is 3.92. The monoisotopic (exact) mass is 148 g/mol. The number of hydrogen-bond donors (Lipinski definition) is 1. The van der Waals surface area contributed by atoms with E-state index in [0.29, 0.717) is 5.75 Å². The van der Waals surface area contributed by atoms with E-state index in [2.05, 4.69) is 0 Å². The maximum Gasteiger partial charge on any atom is 0.116 e. The second kappa shape index (κ2) is 3.24. The zero-order valence-corrected chi connectivity index (χ0v) is 6.83. The van der Waals surface area contributed by atoms with Crippen molar-refractivity contribution in [3.63, 3.8) is 0 Å². The summed E-state index contributed by atoms with van der Waals surface area (Å²) < 4.78 is 0. The van der Waals surface area contributed by atoms with Crippen LogP contribution < -0.4 is 0 Å². The average molecular weight is 148 g/mol. The number of allylic oxidation sites excluding steroid dienone is 1. The van der Waals surface area contributed by atoms with Gasteiger partial charge in [-0.25, -0.2) is 0 Å². The van der Waals surface area contributed by atoms with Gasteiger partial charge in [0, 0.05) is 0 Å². The molecule has 0 bridgehead atoms. The van der Waals surface area contributed by atoms with Crippen LogP contribution in [-0.2, 0) is 0 Å². The Labute approximate surface area is 67.0 Å². The van der Waals surface area contributed by atoms with E-state index in [1.165, 1.54) is 0 Å². The summed E-state index contributed by atoms with van der Waals surface area (Å²) in [4.78, 5) is 0. The van der Waals surface area contributed by atoms with Crippen molar-refractivity contribution >= 4 is 6.08 Å². The number of hydrogen-bond acceptors (Lipinski definition) is 1. The van der Waals surface area contributed by atoms with Gasteiger partial charge in [-0.05, 0) is 37.1 Å². The Morgan fingerprint density at radius 3 is 2.55 bits per heavy atom. The van der Waals surface area contributed by atoms with Gasteiger partial charge in [0.05, 0.1) is 0 Å². The molecule has 1 heteroatoms. The van der Waals surface area contributed by atoms with Crippen LogP contribution in [0.4, 0.5) is 0 Å². The molecule has 1 aromatic rings. The molecule has 0 saturated heterocycles. The third kappa shape index (κ3) is 2.11. The molecule has 1 aromatic carbocycles. The number of phenolic OH excluding ortho intramolecular Hbond substituents is 1. The topological polar surface area (TPSA) is 20.2 Å². The Morgan fingerprint density at radius 2 is 2.00 bits per heavy atom. The number of benzene rings is 1. The standard InChI is InChI=1S/C10H12O/c1-3-4-9-5-8(2)6-10(11)7-9/h3-7,11H,1-2H3/b4-3+. The highest BCUT2D eigenvalue weighted by atomic mass is 16.3. The summed E-state index contributed by atoms with van der Waals surface area (Å²) in [6, 6.07) is 5.51. The van der Waals surface area contributed by atoms with E-state index in [1.807, 2.05) is 32.1 Å². The van der Waals surface area contributed by atoms with Crippen LogP contribution in [0.25, 0.3) is 6.08 Å². The fourth-order valence-electron chi connectivity index (χ4n) is 1.08. The molecule has 0 radical (unpaired) electrons. The first kappa shape index (κ1) is 7.86. The third-order valence-electron chi connectivity index (χ3n) is 1.44. The molecule has 0 fully saturated rings. The van der Waals surface area contributed by atoms with Gasteiger partial charge in [-0.3, -0.25) is 0 Å². The highest BCUT2D eigenvalue weighted by Gasteiger charge is 1.92. The minimum absolute atomic E-state index is 0.332. The molecule has 1 rings (SSSR count). The lowest BCUT2D eigenvalue weighted by Gasteiger charge is -1.97. The molecule has 0 saturated carbocycles. The number of aryl methyl sites for hydroxylation is 1. The van der Waals surface area contributed by atoms with Gasteiger partial charge >= 0.3 is 0 Å².